The predicted octanol–water partition coefficient (Wildman–Crippen LogP) is 1.09. The molecule has 2 atom stereocenters. The molecule has 86 valence electrons. The van der Waals surface area contributed by atoms with Crippen molar-refractivity contribution in [3.05, 3.63) is 0 Å². The Hall–Kier alpha value is -0.770. The van der Waals surface area contributed by atoms with Gasteiger partial charge in [0.25, 0.3) is 0 Å². The van der Waals surface area contributed by atoms with Crippen LogP contribution in [0.15, 0.2) is 0 Å². The van der Waals surface area contributed by atoms with Gasteiger partial charge in [0.2, 0.25) is 0 Å². The van der Waals surface area contributed by atoms with Gasteiger partial charge in [-0.25, -0.2) is 4.79 Å². The largest absolute Gasteiger partial charge is 0.393 e. The van der Waals surface area contributed by atoms with Crippen LogP contribution in [0.5, 0.6) is 0 Å². The summed E-state index contributed by atoms with van der Waals surface area (Å²) in [6, 6.07) is 0.613. The molecule has 0 aromatic heterocycles. The summed E-state index contributed by atoms with van der Waals surface area (Å²) in [7, 11) is 0. The van der Waals surface area contributed by atoms with Gasteiger partial charge in [-0.2, -0.15) is 0 Å². The third-order valence-corrected chi connectivity index (χ3v) is 3.47. The maximum absolute atomic E-state index is 11.9. The second-order valence-corrected chi connectivity index (χ2v) is 4.65. The lowest BCUT2D eigenvalue weighted by atomic mass is 10.0. The average Bonchev–Trinajstić information content (AvgIpc) is 2.48. The van der Waals surface area contributed by atoms with E-state index in [0.29, 0.717) is 0 Å². The fourth-order valence-corrected chi connectivity index (χ4v) is 2.80. The van der Waals surface area contributed by atoms with Gasteiger partial charge in [0.05, 0.1) is 6.10 Å². The second kappa shape index (κ2) is 4.39. The van der Waals surface area contributed by atoms with Crippen molar-refractivity contribution >= 4 is 6.03 Å². The number of nitrogens with one attached hydrogen (secondary N) is 1. The molecule has 4 heteroatoms. The SMILES string of the molecule is CCCNC(=O)N1C2CCC1CC(O)C2. The molecule has 0 saturated carbocycles. The zero-order valence-corrected chi connectivity index (χ0v) is 9.28. The van der Waals surface area contributed by atoms with E-state index in [2.05, 4.69) is 12.2 Å². The number of urea groups is 1. The third-order valence-electron chi connectivity index (χ3n) is 3.47. The highest BCUT2D eigenvalue weighted by atomic mass is 16.3. The summed E-state index contributed by atoms with van der Waals surface area (Å²) in [6.45, 7) is 2.80. The van der Waals surface area contributed by atoms with Gasteiger partial charge >= 0.3 is 6.03 Å². The summed E-state index contributed by atoms with van der Waals surface area (Å²) in [4.78, 5) is 13.8. The van der Waals surface area contributed by atoms with Crippen LogP contribution in [0.1, 0.15) is 39.0 Å². The molecule has 2 aliphatic heterocycles. The highest BCUT2D eigenvalue weighted by Gasteiger charge is 2.42. The smallest absolute Gasteiger partial charge is 0.317 e. The number of aliphatic hydroxyl groups excluding tert-OH is 1. The summed E-state index contributed by atoms with van der Waals surface area (Å²) in [5.41, 5.74) is 0. The van der Waals surface area contributed by atoms with Gasteiger partial charge in [0.15, 0.2) is 0 Å². The van der Waals surface area contributed by atoms with Gasteiger partial charge in [0.1, 0.15) is 0 Å². The summed E-state index contributed by atoms with van der Waals surface area (Å²) in [5.74, 6) is 0. The monoisotopic (exact) mass is 212 g/mol. The van der Waals surface area contributed by atoms with Crippen molar-refractivity contribution in [1.29, 1.82) is 0 Å². The molecule has 0 aromatic rings. The van der Waals surface area contributed by atoms with Gasteiger partial charge < -0.3 is 15.3 Å². The number of hydrogen-bond donors (Lipinski definition) is 2. The number of amides is 2. The number of nitrogens with zero attached hydrogens (tertiary/aromatic N) is 1. The van der Waals surface area contributed by atoms with E-state index in [4.69, 9.17) is 0 Å². The summed E-state index contributed by atoms with van der Waals surface area (Å²) in [5, 5.41) is 12.5. The molecule has 0 spiro atoms. The zero-order valence-electron chi connectivity index (χ0n) is 9.28. The highest BCUT2D eigenvalue weighted by molar-refractivity contribution is 5.75. The molecule has 2 heterocycles. The Morgan fingerprint density at radius 2 is 2.00 bits per heavy atom. The van der Waals surface area contributed by atoms with Gasteiger partial charge in [-0.3, -0.25) is 0 Å². The van der Waals surface area contributed by atoms with Crippen LogP contribution < -0.4 is 5.32 Å². The minimum absolute atomic E-state index is 0.0660. The minimum Gasteiger partial charge on any atom is -0.393 e. The lowest BCUT2D eigenvalue weighted by Gasteiger charge is -2.37. The third kappa shape index (κ3) is 2.09. The first kappa shape index (κ1) is 10.7. The molecule has 2 amide bonds. The Bertz CT molecular complexity index is 231. The lowest BCUT2D eigenvalue weighted by Crippen LogP contribution is -2.52. The van der Waals surface area contributed by atoms with E-state index < -0.39 is 0 Å². The number of aliphatic hydroxyl groups is 1. The number of fused-ring (bicyclic) bond motifs is 2. The molecule has 15 heavy (non-hydrogen) atoms. The molecule has 2 N–H and O–H groups in total. The van der Waals surface area contributed by atoms with E-state index >= 15 is 0 Å². The fraction of sp³-hybridized carbons (Fsp3) is 0.909. The standard InChI is InChI=1S/C11H20N2O2/c1-2-5-12-11(15)13-8-3-4-9(13)7-10(14)6-8/h8-10,14H,2-7H2,1H3,(H,12,15). The lowest BCUT2D eigenvalue weighted by molar-refractivity contribution is 0.0543. The normalized spacial score (nSPS) is 34.3. The topological polar surface area (TPSA) is 52.6 Å². The van der Waals surface area contributed by atoms with Crippen LogP contribution in [-0.4, -0.2) is 40.8 Å². The van der Waals surface area contributed by atoms with Crippen LogP contribution in [0.2, 0.25) is 0 Å². The van der Waals surface area contributed by atoms with E-state index in [-0.39, 0.29) is 24.2 Å². The summed E-state index contributed by atoms with van der Waals surface area (Å²) in [6.07, 6.45) is 4.41. The van der Waals surface area contributed by atoms with Crippen molar-refractivity contribution in [2.45, 2.75) is 57.2 Å². The van der Waals surface area contributed by atoms with Crippen LogP contribution in [-0.2, 0) is 0 Å². The van der Waals surface area contributed by atoms with Crippen molar-refractivity contribution < 1.29 is 9.90 Å². The molecule has 0 aliphatic carbocycles. The number of carbonyl (C=O) groups excluding carboxylic acids is 1. The summed E-state index contributed by atoms with van der Waals surface area (Å²) < 4.78 is 0. The maximum Gasteiger partial charge on any atom is 0.317 e. The van der Waals surface area contributed by atoms with Crippen molar-refractivity contribution in [1.82, 2.24) is 10.2 Å². The first-order valence-corrected chi connectivity index (χ1v) is 5.96. The number of hydrogen-bond acceptors (Lipinski definition) is 2. The van der Waals surface area contributed by atoms with Crippen molar-refractivity contribution in [3.8, 4) is 0 Å². The Labute approximate surface area is 90.6 Å². The molecule has 2 saturated heterocycles. The Balaban J connectivity index is 1.95. The van der Waals surface area contributed by atoms with Crippen molar-refractivity contribution in [3.63, 3.8) is 0 Å². The number of rotatable bonds is 2. The molecule has 0 radical (unpaired) electrons. The minimum atomic E-state index is -0.197. The zero-order chi connectivity index (χ0) is 10.8. The van der Waals surface area contributed by atoms with E-state index in [1.165, 1.54) is 0 Å². The van der Waals surface area contributed by atoms with Crippen LogP contribution in [0, 0.1) is 0 Å². The van der Waals surface area contributed by atoms with Crippen molar-refractivity contribution in [2.75, 3.05) is 6.54 Å². The number of carbonyl (C=O) groups is 1. The van der Waals surface area contributed by atoms with E-state index in [1.807, 2.05) is 4.90 Å². The molecule has 0 aromatic carbocycles. The molecule has 4 nitrogen and oxygen atoms in total. The molecule has 2 unspecified atom stereocenters. The molecule has 2 rings (SSSR count). The van der Waals surface area contributed by atoms with Gasteiger partial charge in [-0.1, -0.05) is 6.92 Å². The molecular weight excluding hydrogens is 192 g/mol. The van der Waals surface area contributed by atoms with Gasteiger partial charge in [-0.05, 0) is 32.1 Å². The quantitative estimate of drug-likeness (QED) is 0.720. The fourth-order valence-electron chi connectivity index (χ4n) is 2.80. The predicted molar refractivity (Wildman–Crippen MR) is 57.6 cm³/mol. The van der Waals surface area contributed by atoms with Crippen molar-refractivity contribution in [2.24, 2.45) is 0 Å². The molecule has 2 bridgehead atoms. The van der Waals surface area contributed by atoms with E-state index in [9.17, 15) is 9.90 Å². The van der Waals surface area contributed by atoms with Crippen LogP contribution >= 0.6 is 0 Å². The molecular formula is C11H20N2O2. The van der Waals surface area contributed by atoms with Crippen LogP contribution in [0.25, 0.3) is 0 Å². The maximum atomic E-state index is 11.9. The Kier molecular flexibility index (Phi) is 3.14. The second-order valence-electron chi connectivity index (χ2n) is 4.65. The molecule has 2 fully saturated rings. The Morgan fingerprint density at radius 1 is 1.40 bits per heavy atom. The first-order chi connectivity index (χ1) is 7.22. The summed E-state index contributed by atoms with van der Waals surface area (Å²) >= 11 is 0. The van der Waals surface area contributed by atoms with Crippen LogP contribution in [0.4, 0.5) is 4.79 Å². The van der Waals surface area contributed by atoms with Gasteiger partial charge in [-0.15, -0.1) is 0 Å². The average molecular weight is 212 g/mol. The molecule has 2 aliphatic rings. The van der Waals surface area contributed by atoms with E-state index in [1.54, 1.807) is 0 Å². The van der Waals surface area contributed by atoms with Crippen LogP contribution in [0.3, 0.4) is 0 Å². The van der Waals surface area contributed by atoms with E-state index in [0.717, 1.165) is 38.6 Å². The van der Waals surface area contributed by atoms with Gasteiger partial charge in [0, 0.05) is 18.6 Å². The Morgan fingerprint density at radius 3 is 2.53 bits per heavy atom. The highest BCUT2D eigenvalue weighted by Crippen LogP contribution is 2.35. The first-order valence-electron chi connectivity index (χ1n) is 5.96. The number of piperidine rings is 1.